The summed E-state index contributed by atoms with van der Waals surface area (Å²) in [5.74, 6) is 1.07. The van der Waals surface area contributed by atoms with E-state index in [1.165, 1.54) is 5.56 Å². The van der Waals surface area contributed by atoms with E-state index in [1.54, 1.807) is 0 Å². The summed E-state index contributed by atoms with van der Waals surface area (Å²) in [6.07, 6.45) is 2.44. The molecular formula is C20H26Cl2N2O2. The first-order valence-corrected chi connectivity index (χ1v) is 10.3. The van der Waals surface area contributed by atoms with Crippen LogP contribution in [0.5, 0.6) is 0 Å². The van der Waals surface area contributed by atoms with Gasteiger partial charge in [0.05, 0.1) is 22.7 Å². The average molecular weight is 397 g/mol. The normalized spacial score (nSPS) is 32.0. The predicted molar refractivity (Wildman–Crippen MR) is 103 cm³/mol. The van der Waals surface area contributed by atoms with Crippen LogP contribution in [0.2, 0.25) is 10.0 Å². The maximum absolute atomic E-state index is 12.7. The van der Waals surface area contributed by atoms with Gasteiger partial charge in [-0.25, -0.2) is 0 Å². The monoisotopic (exact) mass is 396 g/mol. The van der Waals surface area contributed by atoms with Crippen LogP contribution in [0.3, 0.4) is 0 Å². The van der Waals surface area contributed by atoms with Crippen molar-refractivity contribution in [2.45, 2.75) is 51.4 Å². The number of carbonyl (C=O) groups excluding carboxylic acids is 1. The molecule has 3 aliphatic rings. The van der Waals surface area contributed by atoms with E-state index in [2.05, 4.69) is 23.6 Å². The van der Waals surface area contributed by atoms with Gasteiger partial charge in [-0.2, -0.15) is 0 Å². The smallest absolute Gasteiger partial charge is 0.225 e. The maximum atomic E-state index is 12.7. The van der Waals surface area contributed by atoms with Gasteiger partial charge in [-0.05, 0) is 30.0 Å². The zero-order chi connectivity index (χ0) is 18.5. The molecule has 142 valence electrons. The van der Waals surface area contributed by atoms with E-state index in [1.807, 2.05) is 18.2 Å². The predicted octanol–water partition coefficient (Wildman–Crippen LogP) is 4.19. The summed E-state index contributed by atoms with van der Waals surface area (Å²) in [5, 5.41) is 1.19. The van der Waals surface area contributed by atoms with Gasteiger partial charge in [-0.1, -0.05) is 43.1 Å². The Balaban J connectivity index is 1.51. The van der Waals surface area contributed by atoms with E-state index in [4.69, 9.17) is 27.9 Å². The SMILES string of the molecule is CC(C)[C@H]1CO[C@]23CCN(Cc4ccc(Cl)c(Cl)c4)C[C@H]2CCC(=O)N13. The lowest BCUT2D eigenvalue weighted by atomic mass is 9.79. The van der Waals surface area contributed by atoms with E-state index in [9.17, 15) is 4.79 Å². The molecule has 3 saturated heterocycles. The summed E-state index contributed by atoms with van der Waals surface area (Å²) in [6, 6.07) is 6.06. The quantitative estimate of drug-likeness (QED) is 0.767. The molecule has 0 saturated carbocycles. The fraction of sp³-hybridized carbons (Fsp3) is 0.650. The van der Waals surface area contributed by atoms with E-state index in [-0.39, 0.29) is 17.7 Å². The topological polar surface area (TPSA) is 32.8 Å². The van der Waals surface area contributed by atoms with Crippen molar-refractivity contribution in [1.82, 2.24) is 9.80 Å². The van der Waals surface area contributed by atoms with E-state index >= 15 is 0 Å². The Morgan fingerprint density at radius 2 is 2.12 bits per heavy atom. The molecule has 4 nitrogen and oxygen atoms in total. The van der Waals surface area contributed by atoms with Gasteiger partial charge in [0.25, 0.3) is 0 Å². The Kier molecular flexibility index (Phi) is 4.98. The third-order valence-electron chi connectivity index (χ3n) is 6.28. The number of carbonyl (C=O) groups is 1. The molecule has 0 unspecified atom stereocenters. The largest absolute Gasteiger partial charge is 0.353 e. The highest BCUT2D eigenvalue weighted by atomic mass is 35.5. The molecule has 1 spiro atoms. The highest BCUT2D eigenvalue weighted by Gasteiger charge is 2.58. The van der Waals surface area contributed by atoms with Crippen LogP contribution < -0.4 is 0 Å². The van der Waals surface area contributed by atoms with Gasteiger partial charge in [0.1, 0.15) is 5.72 Å². The van der Waals surface area contributed by atoms with Gasteiger partial charge >= 0.3 is 0 Å². The van der Waals surface area contributed by atoms with Crippen molar-refractivity contribution < 1.29 is 9.53 Å². The first-order valence-electron chi connectivity index (χ1n) is 9.53. The first kappa shape index (κ1) is 18.5. The van der Waals surface area contributed by atoms with Crippen molar-refractivity contribution in [3.8, 4) is 0 Å². The van der Waals surface area contributed by atoms with Crippen LogP contribution in [0.1, 0.15) is 38.7 Å². The maximum Gasteiger partial charge on any atom is 0.225 e. The number of hydrogen-bond acceptors (Lipinski definition) is 3. The summed E-state index contributed by atoms with van der Waals surface area (Å²) in [4.78, 5) is 17.3. The Labute approximate surface area is 165 Å². The molecule has 3 aliphatic heterocycles. The fourth-order valence-corrected chi connectivity index (χ4v) is 5.21. The number of ether oxygens (including phenoxy) is 1. The molecule has 0 bridgehead atoms. The van der Waals surface area contributed by atoms with Crippen LogP contribution >= 0.6 is 23.2 Å². The van der Waals surface area contributed by atoms with Gasteiger partial charge in [0, 0.05) is 38.4 Å². The van der Waals surface area contributed by atoms with Crippen LogP contribution in [-0.4, -0.2) is 47.2 Å². The van der Waals surface area contributed by atoms with E-state index in [0.717, 1.165) is 32.5 Å². The zero-order valence-corrected chi connectivity index (χ0v) is 16.9. The summed E-state index contributed by atoms with van der Waals surface area (Å²) in [6.45, 7) is 7.77. The van der Waals surface area contributed by atoms with Gasteiger partial charge in [-0.3, -0.25) is 9.69 Å². The molecule has 1 amide bonds. The molecule has 26 heavy (non-hydrogen) atoms. The lowest BCUT2D eigenvalue weighted by Crippen LogP contribution is -2.65. The highest BCUT2D eigenvalue weighted by molar-refractivity contribution is 6.42. The molecule has 0 aliphatic carbocycles. The summed E-state index contributed by atoms with van der Waals surface area (Å²) >= 11 is 12.2. The average Bonchev–Trinajstić information content (AvgIpc) is 3.00. The number of halogens is 2. The number of rotatable bonds is 3. The lowest BCUT2D eigenvalue weighted by Gasteiger charge is -2.53. The number of amides is 1. The first-order chi connectivity index (χ1) is 12.4. The van der Waals surface area contributed by atoms with Gasteiger partial charge < -0.3 is 9.64 Å². The molecule has 0 N–H and O–H groups in total. The van der Waals surface area contributed by atoms with Crippen LogP contribution in [0, 0.1) is 11.8 Å². The standard InChI is InChI=1S/C20H26Cl2N2O2/c1-13(2)18-12-26-20-7-8-23(10-14-3-5-16(21)17(22)9-14)11-15(20)4-6-19(25)24(18)20/h3,5,9,13,15,18H,4,6-8,10-12H2,1-2H3/t15-,18-,20-/m1/s1. The zero-order valence-electron chi connectivity index (χ0n) is 15.4. The van der Waals surface area contributed by atoms with Crippen LogP contribution in [0.15, 0.2) is 18.2 Å². The van der Waals surface area contributed by atoms with Gasteiger partial charge in [0.15, 0.2) is 0 Å². The van der Waals surface area contributed by atoms with Gasteiger partial charge in [-0.15, -0.1) is 0 Å². The number of nitrogens with zero attached hydrogens (tertiary/aromatic N) is 2. The summed E-state index contributed by atoms with van der Waals surface area (Å²) in [5.41, 5.74) is 0.796. The lowest BCUT2D eigenvalue weighted by molar-refractivity contribution is -0.193. The molecular weight excluding hydrogens is 371 g/mol. The molecule has 1 aromatic carbocycles. The molecule has 3 atom stereocenters. The number of likely N-dealkylation sites (tertiary alicyclic amines) is 1. The fourth-order valence-electron chi connectivity index (χ4n) is 4.89. The Morgan fingerprint density at radius 3 is 2.85 bits per heavy atom. The minimum absolute atomic E-state index is 0.215. The minimum Gasteiger partial charge on any atom is -0.353 e. The Hall–Kier alpha value is -0.810. The van der Waals surface area contributed by atoms with E-state index < -0.39 is 0 Å². The molecule has 3 fully saturated rings. The van der Waals surface area contributed by atoms with Crippen molar-refractivity contribution in [2.24, 2.45) is 11.8 Å². The molecule has 4 rings (SSSR count). The van der Waals surface area contributed by atoms with Gasteiger partial charge in [0.2, 0.25) is 5.91 Å². The molecule has 1 aromatic rings. The molecule has 0 radical (unpaired) electrons. The van der Waals surface area contributed by atoms with Crippen molar-refractivity contribution in [1.29, 1.82) is 0 Å². The molecule has 6 heteroatoms. The third kappa shape index (κ3) is 3.05. The minimum atomic E-state index is -0.377. The second-order valence-electron chi connectivity index (χ2n) is 8.20. The number of hydrogen-bond donors (Lipinski definition) is 0. The third-order valence-corrected chi connectivity index (χ3v) is 7.02. The van der Waals surface area contributed by atoms with E-state index in [0.29, 0.717) is 34.9 Å². The summed E-state index contributed by atoms with van der Waals surface area (Å²) < 4.78 is 6.37. The molecule has 0 aromatic heterocycles. The second-order valence-corrected chi connectivity index (χ2v) is 9.01. The van der Waals surface area contributed by atoms with Crippen molar-refractivity contribution in [2.75, 3.05) is 19.7 Å². The number of benzene rings is 1. The van der Waals surface area contributed by atoms with Crippen molar-refractivity contribution in [3.05, 3.63) is 33.8 Å². The van der Waals surface area contributed by atoms with Crippen molar-refractivity contribution in [3.63, 3.8) is 0 Å². The Morgan fingerprint density at radius 1 is 1.31 bits per heavy atom. The van der Waals surface area contributed by atoms with Crippen molar-refractivity contribution >= 4 is 29.1 Å². The number of piperidine rings is 2. The second kappa shape index (κ2) is 6.97. The Bertz CT molecular complexity index is 711. The highest BCUT2D eigenvalue weighted by Crippen LogP contribution is 2.47. The van der Waals surface area contributed by atoms with Crippen LogP contribution in [0.25, 0.3) is 0 Å². The van der Waals surface area contributed by atoms with Crippen LogP contribution in [-0.2, 0) is 16.1 Å². The summed E-state index contributed by atoms with van der Waals surface area (Å²) in [7, 11) is 0. The molecule has 3 heterocycles. The van der Waals surface area contributed by atoms with Crippen LogP contribution in [0.4, 0.5) is 0 Å².